The number of fused-ring (bicyclic) bond motifs is 4. The SMILES string of the molecule is CC12CCC(c3cn4cc(Br)c(OC5CCC5)cc4n3)(CC1)CO2. The summed E-state index contributed by atoms with van der Waals surface area (Å²) in [6, 6.07) is 2.07. The van der Waals surface area contributed by atoms with Crippen molar-refractivity contribution in [1.29, 1.82) is 0 Å². The van der Waals surface area contributed by atoms with Gasteiger partial charge in [-0.3, -0.25) is 0 Å². The zero-order valence-electron chi connectivity index (χ0n) is 14.1. The largest absolute Gasteiger partial charge is 0.489 e. The molecule has 4 heterocycles. The standard InChI is InChI=1S/C19H23BrN2O2/c1-18-5-7-19(8-6-18,12-23-18)16-11-22-10-14(20)15(9-17(22)21-16)24-13-3-2-4-13/h9-11,13H,2-8,12H2,1H3. The fourth-order valence-electron chi connectivity index (χ4n) is 4.19. The fraction of sp³-hybridized carbons (Fsp3) is 0.632. The number of aromatic nitrogens is 2. The van der Waals surface area contributed by atoms with Crippen LogP contribution in [0.5, 0.6) is 5.75 Å². The van der Waals surface area contributed by atoms with Gasteiger partial charge in [-0.2, -0.15) is 0 Å². The minimum absolute atomic E-state index is 0.102. The molecule has 2 aliphatic heterocycles. The molecule has 0 unspecified atom stereocenters. The van der Waals surface area contributed by atoms with E-state index >= 15 is 0 Å². The van der Waals surface area contributed by atoms with Crippen LogP contribution in [0.1, 0.15) is 57.6 Å². The van der Waals surface area contributed by atoms with Crippen molar-refractivity contribution in [2.24, 2.45) is 0 Å². The quantitative estimate of drug-likeness (QED) is 0.766. The molecule has 2 aliphatic carbocycles. The zero-order valence-corrected chi connectivity index (χ0v) is 15.6. The van der Waals surface area contributed by atoms with Gasteiger partial charge in [-0.05, 0) is 67.8 Å². The van der Waals surface area contributed by atoms with Gasteiger partial charge in [-0.15, -0.1) is 0 Å². The first-order valence-electron chi connectivity index (χ1n) is 9.05. The summed E-state index contributed by atoms with van der Waals surface area (Å²) >= 11 is 3.65. The van der Waals surface area contributed by atoms with E-state index in [1.165, 1.54) is 25.0 Å². The van der Waals surface area contributed by atoms with E-state index < -0.39 is 0 Å². The van der Waals surface area contributed by atoms with Gasteiger partial charge in [-0.25, -0.2) is 4.98 Å². The van der Waals surface area contributed by atoms with Crippen LogP contribution in [-0.4, -0.2) is 27.7 Å². The van der Waals surface area contributed by atoms with Crippen molar-refractivity contribution < 1.29 is 9.47 Å². The van der Waals surface area contributed by atoms with Crippen molar-refractivity contribution in [1.82, 2.24) is 9.38 Å². The molecule has 128 valence electrons. The molecule has 4 fully saturated rings. The highest BCUT2D eigenvalue weighted by Crippen LogP contribution is 2.49. The van der Waals surface area contributed by atoms with Crippen molar-refractivity contribution in [3.8, 4) is 5.75 Å². The molecule has 4 nitrogen and oxygen atoms in total. The van der Waals surface area contributed by atoms with Crippen LogP contribution >= 0.6 is 15.9 Å². The molecule has 2 saturated heterocycles. The lowest BCUT2D eigenvalue weighted by atomic mass is 9.65. The second-order valence-corrected chi connectivity index (χ2v) is 8.92. The van der Waals surface area contributed by atoms with Crippen molar-refractivity contribution in [3.63, 3.8) is 0 Å². The monoisotopic (exact) mass is 390 g/mol. The third-order valence-electron chi connectivity index (χ3n) is 6.36. The van der Waals surface area contributed by atoms with Crippen LogP contribution in [0.4, 0.5) is 0 Å². The second-order valence-electron chi connectivity index (χ2n) is 8.07. The highest BCUT2D eigenvalue weighted by atomic mass is 79.9. The number of imidazole rings is 1. The summed E-state index contributed by atoms with van der Waals surface area (Å²) in [7, 11) is 0. The topological polar surface area (TPSA) is 35.8 Å². The minimum Gasteiger partial charge on any atom is -0.489 e. The van der Waals surface area contributed by atoms with E-state index in [1.54, 1.807) is 0 Å². The summed E-state index contributed by atoms with van der Waals surface area (Å²) < 4.78 is 15.4. The van der Waals surface area contributed by atoms with Crippen molar-refractivity contribution >= 4 is 21.6 Å². The minimum atomic E-state index is 0.102. The highest BCUT2D eigenvalue weighted by molar-refractivity contribution is 9.10. The predicted molar refractivity (Wildman–Crippen MR) is 95.7 cm³/mol. The number of hydrogen-bond donors (Lipinski definition) is 0. The van der Waals surface area contributed by atoms with Gasteiger partial charge in [0, 0.05) is 23.9 Å². The first kappa shape index (κ1) is 15.2. The molecule has 0 radical (unpaired) electrons. The molecule has 0 aromatic carbocycles. The smallest absolute Gasteiger partial charge is 0.140 e. The third kappa shape index (κ3) is 2.31. The molecule has 2 saturated carbocycles. The van der Waals surface area contributed by atoms with Crippen molar-refractivity contribution in [2.75, 3.05) is 6.61 Å². The van der Waals surface area contributed by atoms with E-state index in [9.17, 15) is 0 Å². The predicted octanol–water partition coefficient (Wildman–Crippen LogP) is 4.63. The average molecular weight is 391 g/mol. The Morgan fingerprint density at radius 2 is 2.04 bits per heavy atom. The summed E-state index contributed by atoms with van der Waals surface area (Å²) in [6.07, 6.45) is 12.9. The average Bonchev–Trinajstić information content (AvgIpc) is 2.95. The van der Waals surface area contributed by atoms with Gasteiger partial charge in [0.1, 0.15) is 11.4 Å². The maximum Gasteiger partial charge on any atom is 0.140 e. The number of halogens is 1. The van der Waals surface area contributed by atoms with Crippen molar-refractivity contribution in [3.05, 3.63) is 28.6 Å². The summed E-state index contributed by atoms with van der Waals surface area (Å²) in [5.41, 5.74) is 2.35. The Kier molecular flexibility index (Phi) is 3.30. The number of nitrogens with zero attached hydrogens (tertiary/aromatic N) is 2. The molecule has 0 N–H and O–H groups in total. The molecule has 24 heavy (non-hydrogen) atoms. The van der Waals surface area contributed by atoms with Gasteiger partial charge in [0.2, 0.25) is 0 Å². The van der Waals surface area contributed by atoms with E-state index in [-0.39, 0.29) is 11.0 Å². The molecule has 2 aromatic rings. The highest BCUT2D eigenvalue weighted by Gasteiger charge is 2.49. The molecular formula is C19H23BrN2O2. The van der Waals surface area contributed by atoms with Gasteiger partial charge >= 0.3 is 0 Å². The van der Waals surface area contributed by atoms with E-state index in [0.29, 0.717) is 6.10 Å². The maximum absolute atomic E-state index is 6.16. The van der Waals surface area contributed by atoms with Crippen LogP contribution in [-0.2, 0) is 10.2 Å². The summed E-state index contributed by atoms with van der Waals surface area (Å²) in [5, 5.41) is 0. The number of rotatable bonds is 3. The molecule has 2 bridgehead atoms. The fourth-order valence-corrected chi connectivity index (χ4v) is 4.62. The first-order chi connectivity index (χ1) is 11.6. The molecule has 0 atom stereocenters. The lowest BCUT2D eigenvalue weighted by Gasteiger charge is -2.51. The first-order valence-corrected chi connectivity index (χ1v) is 9.84. The Morgan fingerprint density at radius 3 is 2.67 bits per heavy atom. The molecule has 0 spiro atoms. The van der Waals surface area contributed by atoms with Crippen LogP contribution in [0.25, 0.3) is 5.65 Å². The van der Waals surface area contributed by atoms with Gasteiger partial charge in [0.25, 0.3) is 0 Å². The Morgan fingerprint density at radius 1 is 1.25 bits per heavy atom. The molecule has 2 aromatic heterocycles. The molecule has 5 heteroatoms. The van der Waals surface area contributed by atoms with E-state index in [2.05, 4.69) is 45.7 Å². The molecule has 4 aliphatic rings. The van der Waals surface area contributed by atoms with Gasteiger partial charge in [-0.1, -0.05) is 0 Å². The maximum atomic E-state index is 6.16. The van der Waals surface area contributed by atoms with E-state index in [1.807, 2.05) is 0 Å². The Hall–Kier alpha value is -1.07. The van der Waals surface area contributed by atoms with Crippen LogP contribution in [0, 0.1) is 0 Å². The number of hydrogen-bond acceptors (Lipinski definition) is 3. The van der Waals surface area contributed by atoms with Crippen molar-refractivity contribution in [2.45, 2.75) is 69.0 Å². The molecule has 6 rings (SSSR count). The Labute approximate surface area is 150 Å². The molecular weight excluding hydrogens is 368 g/mol. The van der Waals surface area contributed by atoms with Crippen LogP contribution in [0.2, 0.25) is 0 Å². The normalized spacial score (nSPS) is 32.9. The number of ether oxygens (including phenoxy) is 2. The molecule has 0 amide bonds. The van der Waals surface area contributed by atoms with Gasteiger partial charge < -0.3 is 13.9 Å². The zero-order chi connectivity index (χ0) is 16.4. The lowest BCUT2D eigenvalue weighted by Crippen LogP contribution is -2.51. The summed E-state index contributed by atoms with van der Waals surface area (Å²) in [6.45, 7) is 3.06. The summed E-state index contributed by atoms with van der Waals surface area (Å²) in [5.74, 6) is 0.915. The third-order valence-corrected chi connectivity index (χ3v) is 6.96. The number of pyridine rings is 1. The second kappa shape index (κ2) is 5.21. The van der Waals surface area contributed by atoms with Crippen LogP contribution in [0.15, 0.2) is 22.9 Å². The Balaban J connectivity index is 1.49. The van der Waals surface area contributed by atoms with Gasteiger partial charge in [0.05, 0.1) is 28.5 Å². The lowest BCUT2D eigenvalue weighted by molar-refractivity contribution is -0.146. The van der Waals surface area contributed by atoms with Gasteiger partial charge in [0.15, 0.2) is 0 Å². The van der Waals surface area contributed by atoms with Crippen LogP contribution in [0.3, 0.4) is 0 Å². The van der Waals surface area contributed by atoms with E-state index in [4.69, 9.17) is 14.5 Å². The summed E-state index contributed by atoms with van der Waals surface area (Å²) in [4.78, 5) is 4.96. The van der Waals surface area contributed by atoms with Crippen LogP contribution < -0.4 is 4.74 Å². The Bertz CT molecular complexity index is 771. The van der Waals surface area contributed by atoms with E-state index in [0.717, 1.165) is 48.2 Å².